The fourth-order valence-corrected chi connectivity index (χ4v) is 2.16. The summed E-state index contributed by atoms with van der Waals surface area (Å²) in [7, 11) is 1.57. The minimum absolute atomic E-state index is 0.127. The Kier molecular flexibility index (Phi) is 5.69. The van der Waals surface area contributed by atoms with E-state index >= 15 is 0 Å². The van der Waals surface area contributed by atoms with Gasteiger partial charge in [0.25, 0.3) is 11.6 Å². The van der Waals surface area contributed by atoms with Gasteiger partial charge in [-0.3, -0.25) is 14.9 Å². The molecule has 0 aromatic carbocycles. The number of carbonyl (C=O) groups is 1. The number of amides is 1. The van der Waals surface area contributed by atoms with E-state index < -0.39 is 16.9 Å². The molecule has 0 bridgehead atoms. The molecule has 1 aromatic heterocycles. The number of hydrogen-bond donors (Lipinski definition) is 2. The van der Waals surface area contributed by atoms with Gasteiger partial charge in [0.2, 0.25) is 0 Å². The van der Waals surface area contributed by atoms with E-state index in [1.807, 2.05) is 13.8 Å². The van der Waals surface area contributed by atoms with Crippen molar-refractivity contribution in [1.29, 1.82) is 0 Å². The van der Waals surface area contributed by atoms with E-state index in [1.165, 1.54) is 16.8 Å². The second-order valence-corrected chi connectivity index (χ2v) is 4.81. The van der Waals surface area contributed by atoms with Crippen molar-refractivity contribution in [2.75, 3.05) is 6.54 Å². The Morgan fingerprint density at radius 1 is 1.50 bits per heavy atom. The lowest BCUT2D eigenvalue weighted by molar-refractivity contribution is -0.384. The van der Waals surface area contributed by atoms with Gasteiger partial charge in [-0.2, -0.15) is 0 Å². The van der Waals surface area contributed by atoms with Gasteiger partial charge in [-0.05, 0) is 5.92 Å². The normalized spacial score (nSPS) is 12.4. The highest BCUT2D eigenvalue weighted by atomic mass is 16.6. The molecule has 0 aliphatic carbocycles. The smallest absolute Gasteiger partial charge is 0.287 e. The fraction of sp³-hybridized carbons (Fsp3) is 0.615. The quantitative estimate of drug-likeness (QED) is 0.584. The third kappa shape index (κ3) is 3.80. The lowest BCUT2D eigenvalue weighted by Crippen LogP contribution is -2.36. The van der Waals surface area contributed by atoms with Crippen LogP contribution in [0, 0.1) is 16.0 Å². The van der Waals surface area contributed by atoms with E-state index in [9.17, 15) is 20.0 Å². The molecule has 1 aromatic rings. The molecular formula is C13H21N3O4. The van der Waals surface area contributed by atoms with Crippen LogP contribution >= 0.6 is 0 Å². The fourth-order valence-electron chi connectivity index (χ4n) is 2.16. The maximum absolute atomic E-state index is 11.9. The van der Waals surface area contributed by atoms with Crippen LogP contribution in [0.15, 0.2) is 12.3 Å². The van der Waals surface area contributed by atoms with Crippen LogP contribution in [0.4, 0.5) is 5.69 Å². The molecule has 7 nitrogen and oxygen atoms in total. The number of nitro groups is 1. The van der Waals surface area contributed by atoms with E-state index in [0.717, 1.165) is 12.8 Å². The van der Waals surface area contributed by atoms with Gasteiger partial charge in [0, 0.05) is 19.7 Å². The Labute approximate surface area is 117 Å². The van der Waals surface area contributed by atoms with Crippen LogP contribution in [0.25, 0.3) is 0 Å². The van der Waals surface area contributed by atoms with Crippen molar-refractivity contribution < 1.29 is 14.8 Å². The molecule has 0 spiro atoms. The summed E-state index contributed by atoms with van der Waals surface area (Å²) in [6.45, 7) is 4.11. The van der Waals surface area contributed by atoms with Crippen molar-refractivity contribution in [2.45, 2.75) is 32.8 Å². The number of aliphatic hydroxyl groups excluding tert-OH is 1. The summed E-state index contributed by atoms with van der Waals surface area (Å²) >= 11 is 0. The lowest BCUT2D eigenvalue weighted by atomic mass is 9.96. The Balaban J connectivity index is 2.65. The zero-order valence-electron chi connectivity index (χ0n) is 12.0. The molecule has 112 valence electrons. The largest absolute Gasteiger partial charge is 0.391 e. The van der Waals surface area contributed by atoms with E-state index in [1.54, 1.807) is 7.05 Å². The molecule has 1 rings (SSSR count). The molecule has 1 atom stereocenters. The minimum Gasteiger partial charge on any atom is -0.391 e. The van der Waals surface area contributed by atoms with Crippen LogP contribution in [0.1, 0.15) is 37.2 Å². The molecule has 2 N–H and O–H groups in total. The second-order valence-electron chi connectivity index (χ2n) is 4.81. The zero-order chi connectivity index (χ0) is 15.3. The first-order valence-electron chi connectivity index (χ1n) is 6.67. The maximum Gasteiger partial charge on any atom is 0.287 e. The highest BCUT2D eigenvalue weighted by Crippen LogP contribution is 2.16. The van der Waals surface area contributed by atoms with Crippen molar-refractivity contribution in [3.63, 3.8) is 0 Å². The number of hydrogen-bond acceptors (Lipinski definition) is 4. The van der Waals surface area contributed by atoms with E-state index in [-0.39, 0.29) is 23.8 Å². The van der Waals surface area contributed by atoms with Crippen molar-refractivity contribution in [1.82, 2.24) is 9.88 Å². The monoisotopic (exact) mass is 283 g/mol. The van der Waals surface area contributed by atoms with Gasteiger partial charge in [0.05, 0.1) is 17.2 Å². The lowest BCUT2D eigenvalue weighted by Gasteiger charge is -2.20. The molecule has 0 fully saturated rings. The number of carbonyl (C=O) groups excluding carboxylic acids is 1. The van der Waals surface area contributed by atoms with E-state index in [0.29, 0.717) is 0 Å². The average Bonchev–Trinajstić information content (AvgIpc) is 2.80. The van der Waals surface area contributed by atoms with Gasteiger partial charge in [0.15, 0.2) is 0 Å². The molecule has 1 heterocycles. The first-order valence-corrected chi connectivity index (χ1v) is 6.67. The molecule has 1 amide bonds. The average molecular weight is 283 g/mol. The summed E-state index contributed by atoms with van der Waals surface area (Å²) in [5.74, 6) is -0.288. The standard InChI is InChI=1S/C13H21N3O4/c1-4-9(5-2)12(17)7-14-13(18)11-6-10(16(19)20)8-15(11)3/h6,8-9,12,17H,4-5,7H2,1-3H3,(H,14,18). The summed E-state index contributed by atoms with van der Waals surface area (Å²) in [6.07, 6.45) is 2.35. The SMILES string of the molecule is CCC(CC)C(O)CNC(=O)c1cc([N+](=O)[O-])cn1C. The number of nitrogens with zero attached hydrogens (tertiary/aromatic N) is 2. The van der Waals surface area contributed by atoms with Crippen LogP contribution in [0.5, 0.6) is 0 Å². The number of aliphatic hydroxyl groups is 1. The highest BCUT2D eigenvalue weighted by Gasteiger charge is 2.20. The summed E-state index contributed by atoms with van der Waals surface area (Å²) in [5.41, 5.74) is 0.0756. The van der Waals surface area contributed by atoms with Crippen molar-refractivity contribution in [3.05, 3.63) is 28.1 Å². The predicted molar refractivity (Wildman–Crippen MR) is 74.5 cm³/mol. The molecule has 0 radical (unpaired) electrons. The highest BCUT2D eigenvalue weighted by molar-refractivity contribution is 5.93. The van der Waals surface area contributed by atoms with Crippen LogP contribution in [-0.4, -0.2) is 33.2 Å². The molecule has 1 unspecified atom stereocenters. The van der Waals surface area contributed by atoms with Gasteiger partial charge in [-0.15, -0.1) is 0 Å². The third-order valence-corrected chi connectivity index (χ3v) is 3.50. The topological polar surface area (TPSA) is 97.4 Å². The molecule has 7 heteroatoms. The Bertz CT molecular complexity index is 480. The predicted octanol–water partition coefficient (Wildman–Crippen LogP) is 1.46. The van der Waals surface area contributed by atoms with Gasteiger partial charge in [-0.25, -0.2) is 0 Å². The van der Waals surface area contributed by atoms with Gasteiger partial charge in [0.1, 0.15) is 5.69 Å². The van der Waals surface area contributed by atoms with Crippen LogP contribution in [0.2, 0.25) is 0 Å². The van der Waals surface area contributed by atoms with Crippen molar-refractivity contribution in [2.24, 2.45) is 13.0 Å². The van der Waals surface area contributed by atoms with E-state index in [4.69, 9.17) is 0 Å². The number of aryl methyl sites for hydroxylation is 1. The van der Waals surface area contributed by atoms with Gasteiger partial charge in [-0.1, -0.05) is 26.7 Å². The Morgan fingerprint density at radius 3 is 2.55 bits per heavy atom. The molecule has 0 saturated heterocycles. The first kappa shape index (κ1) is 16.2. The summed E-state index contributed by atoms with van der Waals surface area (Å²) in [6, 6.07) is 1.22. The van der Waals surface area contributed by atoms with Gasteiger partial charge < -0.3 is 15.0 Å². The molecule has 0 aliphatic heterocycles. The number of rotatable bonds is 7. The van der Waals surface area contributed by atoms with Gasteiger partial charge >= 0.3 is 0 Å². The molecule has 20 heavy (non-hydrogen) atoms. The second kappa shape index (κ2) is 7.04. The maximum atomic E-state index is 11.9. The Hall–Kier alpha value is -1.89. The molecule has 0 saturated carbocycles. The summed E-state index contributed by atoms with van der Waals surface area (Å²) < 4.78 is 1.40. The number of aromatic nitrogens is 1. The van der Waals surface area contributed by atoms with Crippen LogP contribution < -0.4 is 5.32 Å². The zero-order valence-corrected chi connectivity index (χ0v) is 12.0. The number of nitrogens with one attached hydrogen (secondary N) is 1. The molecular weight excluding hydrogens is 262 g/mol. The van der Waals surface area contributed by atoms with Crippen LogP contribution in [0.3, 0.4) is 0 Å². The van der Waals surface area contributed by atoms with Crippen molar-refractivity contribution in [3.8, 4) is 0 Å². The van der Waals surface area contributed by atoms with E-state index in [2.05, 4.69) is 5.32 Å². The Morgan fingerprint density at radius 2 is 2.10 bits per heavy atom. The first-order chi connectivity index (χ1) is 9.40. The third-order valence-electron chi connectivity index (χ3n) is 3.50. The van der Waals surface area contributed by atoms with Crippen LogP contribution in [-0.2, 0) is 7.05 Å². The van der Waals surface area contributed by atoms with Crippen molar-refractivity contribution >= 4 is 11.6 Å². The summed E-state index contributed by atoms with van der Waals surface area (Å²) in [5, 5.41) is 23.2. The molecule has 0 aliphatic rings. The minimum atomic E-state index is -0.607. The summed E-state index contributed by atoms with van der Waals surface area (Å²) in [4.78, 5) is 22.0.